The molecule has 2 aromatic carbocycles. The molecule has 2 N–H and O–H groups in total. The standard InChI is InChI=1S/C23H30N4O2.HI/c1-24-23(25-13-10-18-8-9-21-20(16-18)12-15-29-21)26-14-11-22(28)27(2)17-19-6-4-3-5-7-19;/h3-9,16H,10-15,17H2,1-2H3,(H2,24,25,26);1H. The van der Waals surface area contributed by atoms with E-state index in [-0.39, 0.29) is 29.9 Å². The van der Waals surface area contributed by atoms with Gasteiger partial charge in [-0.25, -0.2) is 0 Å². The van der Waals surface area contributed by atoms with Crippen LogP contribution in [0.25, 0.3) is 0 Å². The highest BCUT2D eigenvalue weighted by Gasteiger charge is 2.12. The van der Waals surface area contributed by atoms with Crippen LogP contribution in [0.1, 0.15) is 23.1 Å². The van der Waals surface area contributed by atoms with Gasteiger partial charge in [0, 0.05) is 46.6 Å². The molecule has 2 aromatic rings. The van der Waals surface area contributed by atoms with E-state index in [1.165, 1.54) is 11.1 Å². The molecule has 0 spiro atoms. The Kier molecular flexibility index (Phi) is 9.93. The number of rotatable bonds is 8. The normalized spacial score (nSPS) is 12.4. The van der Waals surface area contributed by atoms with Crippen LogP contribution >= 0.6 is 24.0 Å². The number of fused-ring (bicyclic) bond motifs is 1. The first-order valence-electron chi connectivity index (χ1n) is 10.1. The molecule has 0 aliphatic carbocycles. The van der Waals surface area contributed by atoms with E-state index in [2.05, 4.69) is 33.8 Å². The first kappa shape index (κ1) is 24.0. The highest BCUT2D eigenvalue weighted by atomic mass is 127. The van der Waals surface area contributed by atoms with Gasteiger partial charge in [0.2, 0.25) is 5.91 Å². The van der Waals surface area contributed by atoms with Crippen LogP contribution in [0.3, 0.4) is 0 Å². The summed E-state index contributed by atoms with van der Waals surface area (Å²) in [6, 6.07) is 16.4. The highest BCUT2D eigenvalue weighted by molar-refractivity contribution is 14.0. The molecule has 0 fully saturated rings. The molecule has 0 bridgehead atoms. The van der Waals surface area contributed by atoms with Gasteiger partial charge in [0.05, 0.1) is 6.61 Å². The van der Waals surface area contributed by atoms with Gasteiger partial charge in [0.15, 0.2) is 5.96 Å². The first-order chi connectivity index (χ1) is 14.2. The number of guanidine groups is 1. The van der Waals surface area contributed by atoms with Gasteiger partial charge in [0.25, 0.3) is 0 Å². The Balaban J connectivity index is 0.00000320. The van der Waals surface area contributed by atoms with Crippen LogP contribution in [0.5, 0.6) is 5.75 Å². The van der Waals surface area contributed by atoms with Crippen molar-refractivity contribution in [2.75, 3.05) is 33.8 Å². The van der Waals surface area contributed by atoms with Gasteiger partial charge in [-0.2, -0.15) is 0 Å². The van der Waals surface area contributed by atoms with Crippen LogP contribution in [0, 0.1) is 0 Å². The maximum absolute atomic E-state index is 12.3. The smallest absolute Gasteiger partial charge is 0.224 e. The first-order valence-corrected chi connectivity index (χ1v) is 10.1. The number of carbonyl (C=O) groups excluding carboxylic acids is 1. The third-order valence-corrected chi connectivity index (χ3v) is 5.00. The summed E-state index contributed by atoms with van der Waals surface area (Å²) in [5.41, 5.74) is 3.71. The summed E-state index contributed by atoms with van der Waals surface area (Å²) in [4.78, 5) is 18.3. The van der Waals surface area contributed by atoms with Gasteiger partial charge >= 0.3 is 0 Å². The molecule has 162 valence electrons. The predicted octanol–water partition coefficient (Wildman–Crippen LogP) is 3.00. The summed E-state index contributed by atoms with van der Waals surface area (Å²) in [6.07, 6.45) is 2.33. The predicted molar refractivity (Wildman–Crippen MR) is 132 cm³/mol. The van der Waals surface area contributed by atoms with Gasteiger partial charge in [-0.05, 0) is 29.2 Å². The topological polar surface area (TPSA) is 66.0 Å². The lowest BCUT2D eigenvalue weighted by molar-refractivity contribution is -0.130. The Morgan fingerprint density at radius 1 is 1.10 bits per heavy atom. The molecule has 6 nitrogen and oxygen atoms in total. The van der Waals surface area contributed by atoms with Crippen LogP contribution in [-0.2, 0) is 24.2 Å². The number of carbonyl (C=O) groups is 1. The van der Waals surface area contributed by atoms with Gasteiger partial charge < -0.3 is 20.3 Å². The zero-order chi connectivity index (χ0) is 20.5. The number of aliphatic imine (C=N–C) groups is 1. The quantitative estimate of drug-likeness (QED) is 0.318. The molecule has 0 atom stereocenters. The van der Waals surface area contributed by atoms with Crippen molar-refractivity contribution < 1.29 is 9.53 Å². The van der Waals surface area contributed by atoms with Crippen molar-refractivity contribution in [2.45, 2.75) is 25.8 Å². The third-order valence-electron chi connectivity index (χ3n) is 5.00. The molecule has 0 saturated carbocycles. The Bertz CT molecular complexity index is 842. The average molecular weight is 522 g/mol. The fourth-order valence-corrected chi connectivity index (χ4v) is 3.37. The second kappa shape index (κ2) is 12.4. The van der Waals surface area contributed by atoms with E-state index in [1.807, 2.05) is 37.4 Å². The Morgan fingerprint density at radius 3 is 2.63 bits per heavy atom. The van der Waals surface area contributed by atoms with E-state index in [1.54, 1.807) is 11.9 Å². The van der Waals surface area contributed by atoms with Crippen molar-refractivity contribution in [3.05, 3.63) is 65.2 Å². The van der Waals surface area contributed by atoms with E-state index < -0.39 is 0 Å². The largest absolute Gasteiger partial charge is 0.493 e. The molecular weight excluding hydrogens is 491 g/mol. The summed E-state index contributed by atoms with van der Waals surface area (Å²) in [5.74, 6) is 1.84. The number of benzene rings is 2. The minimum atomic E-state index is 0. The number of ether oxygens (including phenoxy) is 1. The maximum Gasteiger partial charge on any atom is 0.224 e. The van der Waals surface area contributed by atoms with Gasteiger partial charge in [-0.15, -0.1) is 24.0 Å². The number of hydrogen-bond donors (Lipinski definition) is 2. The molecule has 30 heavy (non-hydrogen) atoms. The molecule has 1 aliphatic rings. The lowest BCUT2D eigenvalue weighted by Gasteiger charge is -2.18. The van der Waals surface area contributed by atoms with Crippen molar-refractivity contribution >= 4 is 35.8 Å². The lowest BCUT2D eigenvalue weighted by atomic mass is 10.1. The van der Waals surface area contributed by atoms with Gasteiger partial charge in [0.1, 0.15) is 5.75 Å². The molecule has 3 rings (SSSR count). The Labute approximate surface area is 196 Å². The number of hydrogen-bond acceptors (Lipinski definition) is 3. The van der Waals surface area contributed by atoms with E-state index in [0.717, 1.165) is 37.3 Å². The SMILES string of the molecule is CN=C(NCCC(=O)N(C)Cc1ccccc1)NCCc1ccc2c(c1)CCO2.I. The van der Waals surface area contributed by atoms with Gasteiger partial charge in [-0.1, -0.05) is 42.5 Å². The molecule has 1 aliphatic heterocycles. The van der Waals surface area contributed by atoms with Gasteiger partial charge in [-0.3, -0.25) is 9.79 Å². The molecule has 7 heteroatoms. The minimum absolute atomic E-state index is 0. The summed E-state index contributed by atoms with van der Waals surface area (Å²) in [5, 5.41) is 6.53. The second-order valence-corrected chi connectivity index (χ2v) is 7.20. The van der Waals surface area contributed by atoms with E-state index in [4.69, 9.17) is 4.74 Å². The number of nitrogens with one attached hydrogen (secondary N) is 2. The average Bonchev–Trinajstić information content (AvgIpc) is 3.21. The lowest BCUT2D eigenvalue weighted by Crippen LogP contribution is -2.40. The van der Waals surface area contributed by atoms with E-state index in [9.17, 15) is 4.79 Å². The zero-order valence-electron chi connectivity index (χ0n) is 17.7. The molecule has 0 radical (unpaired) electrons. The van der Waals surface area contributed by atoms with Crippen molar-refractivity contribution in [1.29, 1.82) is 0 Å². The summed E-state index contributed by atoms with van der Waals surface area (Å²) in [6.45, 7) is 2.74. The van der Waals surface area contributed by atoms with Crippen LogP contribution in [0.2, 0.25) is 0 Å². The van der Waals surface area contributed by atoms with Crippen LogP contribution in [-0.4, -0.2) is 50.6 Å². The van der Waals surface area contributed by atoms with E-state index in [0.29, 0.717) is 25.5 Å². The second-order valence-electron chi connectivity index (χ2n) is 7.20. The molecular formula is C23H31IN4O2. The highest BCUT2D eigenvalue weighted by Crippen LogP contribution is 2.25. The van der Waals surface area contributed by atoms with Crippen LogP contribution in [0.15, 0.2) is 53.5 Å². The van der Waals surface area contributed by atoms with Crippen LogP contribution in [0.4, 0.5) is 0 Å². The molecule has 1 amide bonds. The number of halogens is 1. The summed E-state index contributed by atoms with van der Waals surface area (Å²) in [7, 11) is 3.58. The maximum atomic E-state index is 12.3. The fraction of sp³-hybridized carbons (Fsp3) is 0.391. The molecule has 0 unspecified atom stereocenters. The fourth-order valence-electron chi connectivity index (χ4n) is 3.37. The Hall–Kier alpha value is -2.29. The summed E-state index contributed by atoms with van der Waals surface area (Å²) < 4.78 is 5.55. The van der Waals surface area contributed by atoms with Crippen molar-refractivity contribution in [2.24, 2.45) is 4.99 Å². The van der Waals surface area contributed by atoms with E-state index >= 15 is 0 Å². The van der Waals surface area contributed by atoms with Crippen LogP contribution < -0.4 is 15.4 Å². The molecule has 0 saturated heterocycles. The molecule has 0 aromatic heterocycles. The zero-order valence-corrected chi connectivity index (χ0v) is 20.0. The third kappa shape index (κ3) is 7.19. The van der Waals surface area contributed by atoms with Crippen molar-refractivity contribution in [1.82, 2.24) is 15.5 Å². The molecule has 1 heterocycles. The number of amides is 1. The number of nitrogens with zero attached hydrogens (tertiary/aromatic N) is 2. The van der Waals surface area contributed by atoms with Crippen molar-refractivity contribution in [3.8, 4) is 5.75 Å². The van der Waals surface area contributed by atoms with Crippen molar-refractivity contribution in [3.63, 3.8) is 0 Å². The minimum Gasteiger partial charge on any atom is -0.493 e. The monoisotopic (exact) mass is 522 g/mol. The Morgan fingerprint density at radius 2 is 1.87 bits per heavy atom. The summed E-state index contributed by atoms with van der Waals surface area (Å²) >= 11 is 0.